The quantitative estimate of drug-likeness (QED) is 0.0549. The van der Waals surface area contributed by atoms with E-state index in [1.54, 1.807) is 41.8 Å². The number of benzene rings is 2. The zero-order valence-corrected chi connectivity index (χ0v) is 26.2. The number of nitrogens with zero attached hydrogens (tertiary/aromatic N) is 4. The molecule has 14 heteroatoms. The standard InChI is InChI=1S/C32H40N8O6/c1-4-6-16-44-31(42)21-10-9-11-22(17-21)45-30-26-29(40(19(3)37-26)23(28(36)41)12-7-8-15-33)38-32(39-30)46-25-18-20(27(34)35)13-14-24(25)43-5-2/h9-11,13-14,17-18,23H,4-8,12,15-16,33H2,1-3H3,(H3,34,35)(H2,36,41). The van der Waals surface area contributed by atoms with Crippen LogP contribution >= 0.6 is 0 Å². The van der Waals surface area contributed by atoms with Crippen molar-refractivity contribution in [2.45, 2.75) is 58.9 Å². The molecule has 2 heterocycles. The molecule has 244 valence electrons. The minimum atomic E-state index is -0.784. The summed E-state index contributed by atoms with van der Waals surface area (Å²) >= 11 is 0. The Morgan fingerprint density at radius 3 is 2.46 bits per heavy atom. The van der Waals surface area contributed by atoms with Crippen molar-refractivity contribution >= 4 is 28.9 Å². The number of carbonyl (C=O) groups excluding carboxylic acids is 2. The lowest BCUT2D eigenvalue weighted by atomic mass is 10.1. The zero-order valence-electron chi connectivity index (χ0n) is 26.2. The fourth-order valence-electron chi connectivity index (χ4n) is 4.73. The number of unbranched alkanes of at least 4 members (excludes halogenated alkanes) is 2. The Hall–Kier alpha value is -5.24. The zero-order chi connectivity index (χ0) is 33.2. The van der Waals surface area contributed by atoms with Gasteiger partial charge in [-0.15, -0.1) is 0 Å². The highest BCUT2D eigenvalue weighted by Gasteiger charge is 2.27. The van der Waals surface area contributed by atoms with Gasteiger partial charge in [0.1, 0.15) is 23.5 Å². The molecule has 0 aliphatic rings. The van der Waals surface area contributed by atoms with Crippen LogP contribution in [-0.4, -0.2) is 57.0 Å². The van der Waals surface area contributed by atoms with Gasteiger partial charge >= 0.3 is 12.0 Å². The summed E-state index contributed by atoms with van der Waals surface area (Å²) in [6.07, 6.45) is 3.41. The molecule has 14 nitrogen and oxygen atoms in total. The molecule has 2 aromatic heterocycles. The van der Waals surface area contributed by atoms with Crippen molar-refractivity contribution in [3.8, 4) is 29.1 Å². The van der Waals surface area contributed by atoms with E-state index in [0.29, 0.717) is 61.7 Å². The summed E-state index contributed by atoms with van der Waals surface area (Å²) in [5, 5.41) is 7.87. The van der Waals surface area contributed by atoms with E-state index in [4.69, 9.17) is 41.6 Å². The summed E-state index contributed by atoms with van der Waals surface area (Å²) in [6, 6.07) is 10.3. The number of ether oxygens (including phenoxy) is 4. The van der Waals surface area contributed by atoms with Crippen LogP contribution in [0.1, 0.15) is 73.7 Å². The van der Waals surface area contributed by atoms with E-state index in [2.05, 4.69) is 15.0 Å². The van der Waals surface area contributed by atoms with Gasteiger partial charge in [-0.25, -0.2) is 9.78 Å². The maximum absolute atomic E-state index is 12.7. The summed E-state index contributed by atoms with van der Waals surface area (Å²) in [4.78, 5) is 39.1. The first kappa shape index (κ1) is 33.6. The van der Waals surface area contributed by atoms with Crippen LogP contribution in [0.5, 0.6) is 29.1 Å². The number of esters is 1. The Morgan fingerprint density at radius 2 is 1.76 bits per heavy atom. The molecule has 0 spiro atoms. The van der Waals surface area contributed by atoms with Gasteiger partial charge in [0.2, 0.25) is 5.91 Å². The average Bonchev–Trinajstić information content (AvgIpc) is 3.35. The molecule has 0 saturated carbocycles. The second kappa shape index (κ2) is 15.7. The molecule has 0 saturated heterocycles. The lowest BCUT2D eigenvalue weighted by molar-refractivity contribution is -0.121. The van der Waals surface area contributed by atoms with E-state index >= 15 is 0 Å². The topological polar surface area (TPSA) is 217 Å². The molecule has 1 amide bonds. The van der Waals surface area contributed by atoms with E-state index in [1.807, 2.05) is 13.8 Å². The van der Waals surface area contributed by atoms with Gasteiger partial charge in [-0.2, -0.15) is 9.97 Å². The van der Waals surface area contributed by atoms with E-state index in [-0.39, 0.29) is 40.4 Å². The van der Waals surface area contributed by atoms with Crippen LogP contribution in [0.4, 0.5) is 0 Å². The van der Waals surface area contributed by atoms with Gasteiger partial charge in [0, 0.05) is 5.56 Å². The van der Waals surface area contributed by atoms with Crippen LogP contribution in [0.15, 0.2) is 42.5 Å². The van der Waals surface area contributed by atoms with Crippen LogP contribution in [0.3, 0.4) is 0 Å². The number of nitrogens with two attached hydrogens (primary N) is 3. The molecule has 46 heavy (non-hydrogen) atoms. The lowest BCUT2D eigenvalue weighted by Crippen LogP contribution is -2.27. The first-order chi connectivity index (χ1) is 22.2. The molecular formula is C32H40N8O6. The molecular weight excluding hydrogens is 592 g/mol. The van der Waals surface area contributed by atoms with Gasteiger partial charge in [-0.05, 0) is 82.5 Å². The van der Waals surface area contributed by atoms with Crippen molar-refractivity contribution in [3.05, 3.63) is 59.4 Å². The van der Waals surface area contributed by atoms with Crippen molar-refractivity contribution in [2.24, 2.45) is 17.2 Å². The number of imidazole rings is 1. The normalized spacial score (nSPS) is 11.7. The minimum Gasteiger partial charge on any atom is -0.490 e. The Labute approximate surface area is 266 Å². The smallest absolute Gasteiger partial charge is 0.338 e. The van der Waals surface area contributed by atoms with Gasteiger partial charge in [0.05, 0.1) is 18.8 Å². The fraction of sp³-hybridized carbons (Fsp3) is 0.375. The highest BCUT2D eigenvalue weighted by molar-refractivity contribution is 5.95. The van der Waals surface area contributed by atoms with Crippen LogP contribution in [0.25, 0.3) is 11.2 Å². The fourth-order valence-corrected chi connectivity index (χ4v) is 4.73. The molecule has 0 bridgehead atoms. The second-order valence-corrected chi connectivity index (χ2v) is 10.4. The van der Waals surface area contributed by atoms with Crippen LogP contribution < -0.4 is 31.4 Å². The molecule has 4 rings (SSSR count). The van der Waals surface area contributed by atoms with E-state index in [0.717, 1.165) is 12.8 Å². The summed E-state index contributed by atoms with van der Waals surface area (Å²) < 4.78 is 25.0. The maximum Gasteiger partial charge on any atom is 0.338 e. The third kappa shape index (κ3) is 8.07. The minimum absolute atomic E-state index is 0.00390. The number of fused-ring (bicyclic) bond motifs is 1. The first-order valence-electron chi connectivity index (χ1n) is 15.2. The molecule has 0 fully saturated rings. The number of rotatable bonds is 17. The number of primary amides is 1. The van der Waals surface area contributed by atoms with Gasteiger partial charge < -0.3 is 36.1 Å². The SMILES string of the molecule is CCCCOC(=O)c1cccc(Oc2nc(Oc3cc(C(=N)N)ccc3OCC)nc3c2nc(C)n3C(CCCCN)C(N)=O)c1. The number of amides is 1. The molecule has 7 N–H and O–H groups in total. The van der Waals surface area contributed by atoms with Crippen molar-refractivity contribution in [1.82, 2.24) is 19.5 Å². The highest BCUT2D eigenvalue weighted by atomic mass is 16.5. The summed E-state index contributed by atoms with van der Waals surface area (Å²) in [6.45, 7) is 6.68. The molecule has 0 aliphatic heterocycles. The van der Waals surface area contributed by atoms with Crippen LogP contribution in [0, 0.1) is 12.3 Å². The number of aromatic nitrogens is 4. The molecule has 0 aliphatic carbocycles. The van der Waals surface area contributed by atoms with Crippen molar-refractivity contribution < 1.29 is 28.5 Å². The summed E-state index contributed by atoms with van der Waals surface area (Å²) in [5.74, 6) is 0.0941. The molecule has 0 radical (unpaired) electrons. The number of hydrogen-bond acceptors (Lipinski definition) is 11. The largest absolute Gasteiger partial charge is 0.490 e. The van der Waals surface area contributed by atoms with Gasteiger partial charge in [0.25, 0.3) is 5.88 Å². The third-order valence-electron chi connectivity index (χ3n) is 7.01. The Kier molecular flexibility index (Phi) is 11.5. The number of carbonyl (C=O) groups is 2. The second-order valence-electron chi connectivity index (χ2n) is 10.4. The third-order valence-corrected chi connectivity index (χ3v) is 7.01. The van der Waals surface area contributed by atoms with Gasteiger partial charge in [0.15, 0.2) is 22.7 Å². The van der Waals surface area contributed by atoms with E-state index in [9.17, 15) is 9.59 Å². The van der Waals surface area contributed by atoms with Crippen molar-refractivity contribution in [1.29, 1.82) is 5.41 Å². The van der Waals surface area contributed by atoms with E-state index in [1.165, 1.54) is 12.1 Å². The summed E-state index contributed by atoms with van der Waals surface area (Å²) in [7, 11) is 0. The van der Waals surface area contributed by atoms with Crippen LogP contribution in [0.2, 0.25) is 0 Å². The number of aryl methyl sites for hydroxylation is 1. The number of hydrogen-bond donors (Lipinski definition) is 4. The predicted octanol–water partition coefficient (Wildman–Crippen LogP) is 4.51. The summed E-state index contributed by atoms with van der Waals surface area (Å²) in [5.41, 5.74) is 18.5. The highest BCUT2D eigenvalue weighted by Crippen LogP contribution is 2.36. The number of nitrogens with one attached hydrogen (secondary N) is 1. The van der Waals surface area contributed by atoms with Crippen LogP contribution in [-0.2, 0) is 9.53 Å². The van der Waals surface area contributed by atoms with Gasteiger partial charge in [-0.3, -0.25) is 14.8 Å². The molecule has 1 atom stereocenters. The Balaban J connectivity index is 1.84. The van der Waals surface area contributed by atoms with Crippen molar-refractivity contribution in [3.63, 3.8) is 0 Å². The monoisotopic (exact) mass is 632 g/mol. The molecule has 4 aromatic rings. The molecule has 1 unspecified atom stereocenters. The van der Waals surface area contributed by atoms with Gasteiger partial charge in [-0.1, -0.05) is 19.4 Å². The molecule has 2 aromatic carbocycles. The number of nitrogen functional groups attached to an aromatic ring is 1. The number of amidine groups is 1. The maximum atomic E-state index is 12.7. The predicted molar refractivity (Wildman–Crippen MR) is 172 cm³/mol. The lowest BCUT2D eigenvalue weighted by Gasteiger charge is -2.18. The van der Waals surface area contributed by atoms with Crippen molar-refractivity contribution in [2.75, 3.05) is 19.8 Å². The average molecular weight is 633 g/mol. The Morgan fingerprint density at radius 1 is 0.957 bits per heavy atom. The Bertz CT molecular complexity index is 1710. The first-order valence-corrected chi connectivity index (χ1v) is 15.2. The van der Waals surface area contributed by atoms with E-state index < -0.39 is 17.9 Å².